The van der Waals surface area contributed by atoms with Crippen LogP contribution in [0, 0.1) is 5.82 Å². The summed E-state index contributed by atoms with van der Waals surface area (Å²) in [6, 6.07) is 11.5. The number of rotatable bonds is 6. The standard InChI is InChI=1S/C18H17FN4O2S/c1-11(24)12-7-8-16(25-2)13(9-12)10-26-18-22-21-17(23(18)20)14-5-3-4-6-15(14)19/h3-9H,10,20H2,1-2H3. The molecular weight excluding hydrogens is 355 g/mol. The molecule has 0 bridgehead atoms. The van der Waals surface area contributed by atoms with Crippen molar-refractivity contribution in [1.82, 2.24) is 14.9 Å². The zero-order chi connectivity index (χ0) is 18.7. The van der Waals surface area contributed by atoms with Crippen molar-refractivity contribution in [2.24, 2.45) is 0 Å². The van der Waals surface area contributed by atoms with E-state index in [1.807, 2.05) is 0 Å². The highest BCUT2D eigenvalue weighted by atomic mass is 32.2. The van der Waals surface area contributed by atoms with E-state index in [2.05, 4.69) is 10.2 Å². The van der Waals surface area contributed by atoms with Gasteiger partial charge in [-0.05, 0) is 37.3 Å². The third kappa shape index (κ3) is 3.55. The van der Waals surface area contributed by atoms with Gasteiger partial charge in [0.15, 0.2) is 11.6 Å². The molecule has 0 fully saturated rings. The van der Waals surface area contributed by atoms with Crippen molar-refractivity contribution in [3.05, 3.63) is 59.4 Å². The monoisotopic (exact) mass is 372 g/mol. The summed E-state index contributed by atoms with van der Waals surface area (Å²) in [4.78, 5) is 11.6. The molecule has 2 N–H and O–H groups in total. The zero-order valence-corrected chi connectivity index (χ0v) is 15.1. The minimum absolute atomic E-state index is 0.0252. The van der Waals surface area contributed by atoms with Crippen LogP contribution in [0.3, 0.4) is 0 Å². The second-order valence-corrected chi connectivity index (χ2v) is 6.47. The SMILES string of the molecule is COc1ccc(C(C)=O)cc1CSc1nnc(-c2ccccc2F)n1N. The van der Waals surface area contributed by atoms with Gasteiger partial charge >= 0.3 is 0 Å². The van der Waals surface area contributed by atoms with E-state index in [-0.39, 0.29) is 17.2 Å². The van der Waals surface area contributed by atoms with Gasteiger partial charge in [0, 0.05) is 16.9 Å². The highest BCUT2D eigenvalue weighted by molar-refractivity contribution is 7.98. The maximum absolute atomic E-state index is 13.9. The van der Waals surface area contributed by atoms with E-state index in [4.69, 9.17) is 10.6 Å². The summed E-state index contributed by atoms with van der Waals surface area (Å²) in [5, 5.41) is 8.46. The Hall–Kier alpha value is -2.87. The zero-order valence-electron chi connectivity index (χ0n) is 14.3. The molecule has 0 atom stereocenters. The molecule has 6 nitrogen and oxygen atoms in total. The summed E-state index contributed by atoms with van der Waals surface area (Å²) < 4.78 is 20.5. The number of Topliss-reactive ketones (excluding diaryl/α,β-unsaturated/α-hetero) is 1. The minimum atomic E-state index is -0.418. The predicted octanol–water partition coefficient (Wildman–Crippen LogP) is 3.30. The van der Waals surface area contributed by atoms with Gasteiger partial charge < -0.3 is 10.6 Å². The summed E-state index contributed by atoms with van der Waals surface area (Å²) in [5.74, 6) is 6.97. The molecule has 0 aliphatic carbocycles. The Morgan fingerprint density at radius 1 is 1.27 bits per heavy atom. The molecule has 3 rings (SSSR count). The average Bonchev–Trinajstić information content (AvgIpc) is 3.00. The topological polar surface area (TPSA) is 83.0 Å². The molecule has 2 aromatic carbocycles. The number of ketones is 1. The lowest BCUT2D eigenvalue weighted by Crippen LogP contribution is -2.12. The Kier molecular flexibility index (Phi) is 5.22. The van der Waals surface area contributed by atoms with E-state index in [9.17, 15) is 9.18 Å². The van der Waals surface area contributed by atoms with E-state index >= 15 is 0 Å². The van der Waals surface area contributed by atoms with Crippen LogP contribution in [-0.2, 0) is 5.75 Å². The van der Waals surface area contributed by atoms with Crippen molar-refractivity contribution >= 4 is 17.5 Å². The Morgan fingerprint density at radius 2 is 2.04 bits per heavy atom. The number of hydrogen-bond acceptors (Lipinski definition) is 6. The molecule has 8 heteroatoms. The molecule has 3 aromatic rings. The normalized spacial score (nSPS) is 10.7. The fourth-order valence-electron chi connectivity index (χ4n) is 2.45. The molecule has 0 amide bonds. The number of aromatic nitrogens is 3. The number of methoxy groups -OCH3 is 1. The summed E-state index contributed by atoms with van der Waals surface area (Å²) in [5.41, 5.74) is 1.72. The molecule has 1 heterocycles. The highest BCUT2D eigenvalue weighted by Crippen LogP contribution is 2.29. The lowest BCUT2D eigenvalue weighted by Gasteiger charge is -2.09. The van der Waals surface area contributed by atoms with Crippen LogP contribution in [0.2, 0.25) is 0 Å². The number of halogens is 1. The van der Waals surface area contributed by atoms with Crippen molar-refractivity contribution in [2.75, 3.05) is 13.0 Å². The van der Waals surface area contributed by atoms with E-state index in [1.54, 1.807) is 43.5 Å². The van der Waals surface area contributed by atoms with Gasteiger partial charge in [0.25, 0.3) is 0 Å². The molecular formula is C18H17FN4O2S. The van der Waals surface area contributed by atoms with Crippen LogP contribution in [0.25, 0.3) is 11.4 Å². The van der Waals surface area contributed by atoms with Crippen LogP contribution < -0.4 is 10.6 Å². The number of benzene rings is 2. The Balaban J connectivity index is 1.84. The van der Waals surface area contributed by atoms with Crippen LogP contribution in [-0.4, -0.2) is 27.8 Å². The maximum atomic E-state index is 13.9. The van der Waals surface area contributed by atoms with Gasteiger partial charge in [0.1, 0.15) is 11.6 Å². The fraction of sp³-hybridized carbons (Fsp3) is 0.167. The van der Waals surface area contributed by atoms with Crippen LogP contribution in [0.5, 0.6) is 5.75 Å². The minimum Gasteiger partial charge on any atom is -0.496 e. The molecule has 1 aromatic heterocycles. The van der Waals surface area contributed by atoms with Crippen LogP contribution in [0.15, 0.2) is 47.6 Å². The molecule has 0 radical (unpaired) electrons. The summed E-state index contributed by atoms with van der Waals surface area (Å²) in [6.07, 6.45) is 0. The van der Waals surface area contributed by atoms with E-state index in [1.165, 1.54) is 29.4 Å². The molecule has 134 valence electrons. The quantitative estimate of drug-likeness (QED) is 0.406. The second-order valence-electron chi connectivity index (χ2n) is 5.53. The lowest BCUT2D eigenvalue weighted by molar-refractivity contribution is 0.101. The number of carbonyl (C=O) groups is 1. The summed E-state index contributed by atoms with van der Waals surface area (Å²) in [7, 11) is 1.57. The van der Waals surface area contributed by atoms with Crippen molar-refractivity contribution in [1.29, 1.82) is 0 Å². The first-order valence-corrected chi connectivity index (χ1v) is 8.76. The van der Waals surface area contributed by atoms with Gasteiger partial charge in [0.2, 0.25) is 5.16 Å². The fourth-order valence-corrected chi connectivity index (χ4v) is 3.29. The van der Waals surface area contributed by atoms with Crippen molar-refractivity contribution < 1.29 is 13.9 Å². The van der Waals surface area contributed by atoms with Crippen molar-refractivity contribution in [3.63, 3.8) is 0 Å². The first kappa shape index (κ1) is 17.9. The average molecular weight is 372 g/mol. The largest absolute Gasteiger partial charge is 0.496 e. The molecule has 26 heavy (non-hydrogen) atoms. The van der Waals surface area contributed by atoms with Crippen LogP contribution >= 0.6 is 11.8 Å². The highest BCUT2D eigenvalue weighted by Gasteiger charge is 2.16. The molecule has 0 saturated heterocycles. The molecule has 0 saturated carbocycles. The van der Waals surface area contributed by atoms with Gasteiger partial charge in [-0.2, -0.15) is 0 Å². The maximum Gasteiger partial charge on any atom is 0.210 e. The lowest BCUT2D eigenvalue weighted by atomic mass is 10.1. The second kappa shape index (κ2) is 7.57. The molecule has 0 aliphatic heterocycles. The van der Waals surface area contributed by atoms with Gasteiger partial charge in [-0.25, -0.2) is 9.07 Å². The van der Waals surface area contributed by atoms with E-state index in [0.717, 1.165) is 5.56 Å². The number of nitrogens with two attached hydrogens (primary N) is 1. The number of hydrogen-bond donors (Lipinski definition) is 1. The molecule has 0 unspecified atom stereocenters. The van der Waals surface area contributed by atoms with Gasteiger partial charge in [-0.1, -0.05) is 23.9 Å². The van der Waals surface area contributed by atoms with E-state index < -0.39 is 5.82 Å². The Labute approximate surface area is 154 Å². The predicted molar refractivity (Wildman–Crippen MR) is 98.1 cm³/mol. The van der Waals surface area contributed by atoms with Crippen molar-refractivity contribution in [3.8, 4) is 17.1 Å². The van der Waals surface area contributed by atoms with Crippen LogP contribution in [0.1, 0.15) is 22.8 Å². The number of nitrogen functional groups attached to an aromatic ring is 1. The summed E-state index contributed by atoms with van der Waals surface area (Å²) >= 11 is 1.32. The first-order chi connectivity index (χ1) is 12.5. The third-order valence-corrected chi connectivity index (χ3v) is 4.81. The van der Waals surface area contributed by atoms with Gasteiger partial charge in [-0.3, -0.25) is 4.79 Å². The molecule has 0 aliphatic rings. The number of carbonyl (C=O) groups excluding carboxylic acids is 1. The van der Waals surface area contributed by atoms with E-state index in [0.29, 0.717) is 22.2 Å². The van der Waals surface area contributed by atoms with Gasteiger partial charge in [0.05, 0.1) is 12.7 Å². The smallest absolute Gasteiger partial charge is 0.210 e. The summed E-state index contributed by atoms with van der Waals surface area (Å²) in [6.45, 7) is 1.51. The van der Waals surface area contributed by atoms with Crippen LogP contribution in [0.4, 0.5) is 4.39 Å². The molecule has 0 spiro atoms. The number of ether oxygens (including phenoxy) is 1. The van der Waals surface area contributed by atoms with Gasteiger partial charge in [-0.15, -0.1) is 10.2 Å². The third-order valence-electron chi connectivity index (χ3n) is 3.82. The first-order valence-electron chi connectivity index (χ1n) is 7.77. The number of thioether (sulfide) groups is 1. The Bertz CT molecular complexity index is 958. The number of nitrogens with zero attached hydrogens (tertiary/aromatic N) is 3. The Morgan fingerprint density at radius 3 is 2.73 bits per heavy atom. The van der Waals surface area contributed by atoms with Crippen molar-refractivity contribution in [2.45, 2.75) is 17.8 Å².